The van der Waals surface area contributed by atoms with E-state index in [1.54, 1.807) is 0 Å². The molecule has 3 rings (SSSR count). The number of amides is 1. The van der Waals surface area contributed by atoms with E-state index in [1.807, 2.05) is 42.3 Å². The van der Waals surface area contributed by atoms with Crippen molar-refractivity contribution in [2.45, 2.75) is 50.9 Å². The molecule has 2 aromatic carbocycles. The van der Waals surface area contributed by atoms with Crippen molar-refractivity contribution in [1.82, 2.24) is 9.80 Å². The highest BCUT2D eigenvalue weighted by Crippen LogP contribution is 2.24. The highest BCUT2D eigenvalue weighted by Gasteiger charge is 2.30. The molecule has 2 N–H and O–H groups in total. The summed E-state index contributed by atoms with van der Waals surface area (Å²) in [5.41, 5.74) is 8.61. The molecule has 3 unspecified atom stereocenters. The van der Waals surface area contributed by atoms with Gasteiger partial charge in [0.05, 0.1) is 0 Å². The summed E-state index contributed by atoms with van der Waals surface area (Å²) in [5, 5.41) is 0. The Bertz CT molecular complexity index is 729. The van der Waals surface area contributed by atoms with E-state index >= 15 is 0 Å². The van der Waals surface area contributed by atoms with E-state index in [0.717, 1.165) is 31.5 Å². The number of hydrogen-bond acceptors (Lipinski definition) is 3. The van der Waals surface area contributed by atoms with E-state index in [2.05, 4.69) is 42.2 Å². The van der Waals surface area contributed by atoms with Crippen LogP contribution in [0.3, 0.4) is 0 Å². The van der Waals surface area contributed by atoms with Crippen LogP contribution in [0.15, 0.2) is 60.7 Å². The first-order chi connectivity index (χ1) is 13.0. The van der Waals surface area contributed by atoms with Gasteiger partial charge in [0.1, 0.15) is 0 Å². The molecule has 1 aliphatic heterocycles. The van der Waals surface area contributed by atoms with Crippen LogP contribution >= 0.6 is 24.8 Å². The lowest BCUT2D eigenvalue weighted by atomic mass is 9.95. The number of piperidine rings is 1. The second kappa shape index (κ2) is 12.2. The maximum atomic E-state index is 12.7. The monoisotopic (exact) mass is 437 g/mol. The van der Waals surface area contributed by atoms with Crippen molar-refractivity contribution in [3.05, 3.63) is 71.8 Å². The van der Waals surface area contributed by atoms with Crippen molar-refractivity contribution in [1.29, 1.82) is 0 Å². The van der Waals surface area contributed by atoms with Crippen molar-refractivity contribution < 1.29 is 4.79 Å². The Morgan fingerprint density at radius 3 is 2.28 bits per heavy atom. The highest BCUT2D eigenvalue weighted by molar-refractivity contribution is 5.85. The largest absolute Gasteiger partial charge is 0.343 e. The van der Waals surface area contributed by atoms with Gasteiger partial charge in [0.15, 0.2) is 0 Å². The zero-order valence-electron chi connectivity index (χ0n) is 17.2. The normalized spacial score (nSPS) is 20.1. The lowest BCUT2D eigenvalue weighted by molar-refractivity contribution is -0.133. The molecule has 160 valence electrons. The lowest BCUT2D eigenvalue weighted by Gasteiger charge is -2.41. The van der Waals surface area contributed by atoms with E-state index < -0.39 is 0 Å². The Kier molecular flexibility index (Phi) is 10.7. The van der Waals surface area contributed by atoms with Gasteiger partial charge in [-0.1, -0.05) is 60.7 Å². The van der Waals surface area contributed by atoms with E-state index in [-0.39, 0.29) is 36.8 Å². The van der Waals surface area contributed by atoms with Crippen molar-refractivity contribution in [3.63, 3.8) is 0 Å². The van der Waals surface area contributed by atoms with Crippen molar-refractivity contribution in [3.8, 4) is 0 Å². The minimum Gasteiger partial charge on any atom is -0.343 e. The Morgan fingerprint density at radius 2 is 1.69 bits per heavy atom. The number of benzene rings is 2. The van der Waals surface area contributed by atoms with Gasteiger partial charge in [-0.15, -0.1) is 24.8 Å². The minimum absolute atomic E-state index is 0. The quantitative estimate of drug-likeness (QED) is 0.726. The molecule has 1 saturated heterocycles. The molecule has 0 aromatic heterocycles. The maximum Gasteiger partial charge on any atom is 0.224 e. The SMILES string of the molecule is CC1CC(N(C)C(=O)CC(N)c2ccccc2)CCN1Cc1ccccc1.Cl.Cl. The predicted molar refractivity (Wildman–Crippen MR) is 125 cm³/mol. The van der Waals surface area contributed by atoms with Gasteiger partial charge in [-0.25, -0.2) is 0 Å². The molecule has 6 heteroatoms. The van der Waals surface area contributed by atoms with Crippen LogP contribution in [0.4, 0.5) is 0 Å². The average molecular weight is 438 g/mol. The topological polar surface area (TPSA) is 49.6 Å². The van der Waals surface area contributed by atoms with Gasteiger partial charge in [-0.3, -0.25) is 9.69 Å². The van der Waals surface area contributed by atoms with Crippen molar-refractivity contribution >= 4 is 30.7 Å². The Morgan fingerprint density at radius 1 is 1.10 bits per heavy atom. The maximum absolute atomic E-state index is 12.7. The second-order valence-electron chi connectivity index (χ2n) is 7.71. The van der Waals surface area contributed by atoms with E-state index in [9.17, 15) is 4.79 Å². The fourth-order valence-electron chi connectivity index (χ4n) is 3.95. The molecule has 0 aliphatic carbocycles. The number of hydrogen-bond donors (Lipinski definition) is 1. The third-order valence-electron chi connectivity index (χ3n) is 5.78. The fourth-order valence-corrected chi connectivity index (χ4v) is 3.95. The Balaban J connectivity index is 0.00000210. The average Bonchev–Trinajstić information content (AvgIpc) is 2.70. The van der Waals surface area contributed by atoms with Crippen LogP contribution in [-0.2, 0) is 11.3 Å². The number of carbonyl (C=O) groups excluding carboxylic acids is 1. The van der Waals surface area contributed by atoms with Crippen LogP contribution in [0.5, 0.6) is 0 Å². The number of nitrogens with two attached hydrogens (primary N) is 1. The zero-order valence-corrected chi connectivity index (χ0v) is 18.9. The van der Waals surface area contributed by atoms with Gasteiger partial charge in [0, 0.05) is 44.7 Å². The molecular formula is C23H33Cl2N3O. The molecule has 1 amide bonds. The molecule has 1 aliphatic rings. The van der Waals surface area contributed by atoms with E-state index in [1.165, 1.54) is 5.56 Å². The first-order valence-electron chi connectivity index (χ1n) is 9.88. The summed E-state index contributed by atoms with van der Waals surface area (Å²) >= 11 is 0. The number of carbonyl (C=O) groups is 1. The van der Waals surface area contributed by atoms with E-state index in [4.69, 9.17) is 5.73 Å². The smallest absolute Gasteiger partial charge is 0.224 e. The molecule has 2 aromatic rings. The summed E-state index contributed by atoms with van der Waals surface area (Å²) in [6.07, 6.45) is 2.38. The van der Waals surface area contributed by atoms with Gasteiger partial charge in [0.25, 0.3) is 0 Å². The van der Waals surface area contributed by atoms with Gasteiger partial charge in [0.2, 0.25) is 5.91 Å². The van der Waals surface area contributed by atoms with Crippen LogP contribution in [0, 0.1) is 0 Å². The lowest BCUT2D eigenvalue weighted by Crippen LogP contribution is -2.49. The second-order valence-corrected chi connectivity index (χ2v) is 7.71. The van der Waals surface area contributed by atoms with Crippen LogP contribution in [0.2, 0.25) is 0 Å². The molecule has 29 heavy (non-hydrogen) atoms. The van der Waals surface area contributed by atoms with Gasteiger partial charge < -0.3 is 10.6 Å². The van der Waals surface area contributed by atoms with Crippen LogP contribution in [0.25, 0.3) is 0 Å². The van der Waals surface area contributed by atoms with Crippen molar-refractivity contribution in [2.75, 3.05) is 13.6 Å². The zero-order chi connectivity index (χ0) is 19.2. The van der Waals surface area contributed by atoms with Gasteiger partial charge in [-0.05, 0) is 30.9 Å². The van der Waals surface area contributed by atoms with Crippen molar-refractivity contribution in [2.24, 2.45) is 5.73 Å². The molecule has 0 saturated carbocycles. The number of nitrogens with zero attached hydrogens (tertiary/aromatic N) is 2. The summed E-state index contributed by atoms with van der Waals surface area (Å²) in [6.45, 7) is 4.26. The molecule has 1 heterocycles. The summed E-state index contributed by atoms with van der Waals surface area (Å²) < 4.78 is 0. The third kappa shape index (κ3) is 7.00. The van der Waals surface area contributed by atoms with E-state index in [0.29, 0.717) is 18.5 Å². The molecule has 3 atom stereocenters. The molecule has 0 spiro atoms. The number of likely N-dealkylation sites (tertiary alicyclic amines) is 1. The Labute approximate surface area is 187 Å². The van der Waals surface area contributed by atoms with Crippen LogP contribution in [-0.4, -0.2) is 41.4 Å². The Hall–Kier alpha value is -1.59. The molecule has 1 fully saturated rings. The summed E-state index contributed by atoms with van der Waals surface area (Å²) in [4.78, 5) is 17.2. The molecule has 4 nitrogen and oxygen atoms in total. The van der Waals surface area contributed by atoms with Gasteiger partial charge >= 0.3 is 0 Å². The highest BCUT2D eigenvalue weighted by atomic mass is 35.5. The summed E-state index contributed by atoms with van der Waals surface area (Å²) in [6, 6.07) is 21.0. The summed E-state index contributed by atoms with van der Waals surface area (Å²) in [5.74, 6) is 0.139. The van der Waals surface area contributed by atoms with Crippen LogP contribution < -0.4 is 5.73 Å². The molecule has 0 bridgehead atoms. The predicted octanol–water partition coefficient (Wildman–Crippen LogP) is 4.43. The standard InChI is InChI=1S/C23H31N3O.2ClH/c1-18-15-21(13-14-26(18)17-19-9-5-3-6-10-19)25(2)23(27)16-22(24)20-11-7-4-8-12-20;;/h3-12,18,21-22H,13-17,24H2,1-2H3;2*1H. The fraction of sp³-hybridized carbons (Fsp3) is 0.435. The number of rotatable bonds is 6. The summed E-state index contributed by atoms with van der Waals surface area (Å²) in [7, 11) is 1.93. The van der Waals surface area contributed by atoms with Gasteiger partial charge in [-0.2, -0.15) is 0 Å². The first-order valence-corrected chi connectivity index (χ1v) is 9.88. The molecular weight excluding hydrogens is 405 g/mol. The first kappa shape index (κ1) is 25.4. The number of halogens is 2. The third-order valence-corrected chi connectivity index (χ3v) is 5.78. The molecule has 0 radical (unpaired) electrons. The van der Waals surface area contributed by atoms with Crippen LogP contribution in [0.1, 0.15) is 43.4 Å². The minimum atomic E-state index is -0.239.